The van der Waals surface area contributed by atoms with Crippen molar-refractivity contribution in [1.29, 1.82) is 0 Å². The van der Waals surface area contributed by atoms with Crippen molar-refractivity contribution in [2.45, 2.75) is 39.8 Å². The summed E-state index contributed by atoms with van der Waals surface area (Å²) in [5, 5.41) is 3.21. The van der Waals surface area contributed by atoms with E-state index in [0.717, 1.165) is 5.56 Å². The Morgan fingerprint density at radius 2 is 1.95 bits per heavy atom. The molecular formula is C16H25FN2O2. The topological polar surface area (TPSA) is 41.6 Å². The van der Waals surface area contributed by atoms with E-state index in [0.29, 0.717) is 13.1 Å². The molecule has 0 aromatic heterocycles. The van der Waals surface area contributed by atoms with Crippen LogP contribution in [-0.4, -0.2) is 37.0 Å². The van der Waals surface area contributed by atoms with E-state index in [9.17, 15) is 9.18 Å². The third-order valence-corrected chi connectivity index (χ3v) is 3.62. The van der Waals surface area contributed by atoms with E-state index in [2.05, 4.69) is 5.32 Å². The van der Waals surface area contributed by atoms with E-state index in [1.807, 2.05) is 27.7 Å². The molecule has 0 aliphatic rings. The van der Waals surface area contributed by atoms with Crippen LogP contribution in [-0.2, 0) is 4.79 Å². The van der Waals surface area contributed by atoms with Crippen LogP contribution < -0.4 is 10.1 Å². The lowest BCUT2D eigenvalue weighted by molar-refractivity contribution is -0.132. The second-order valence-corrected chi connectivity index (χ2v) is 5.01. The molecule has 0 bridgehead atoms. The lowest BCUT2D eigenvalue weighted by Gasteiger charge is -2.26. The van der Waals surface area contributed by atoms with Gasteiger partial charge in [0.25, 0.3) is 0 Å². The van der Waals surface area contributed by atoms with Crippen LogP contribution >= 0.6 is 0 Å². The lowest BCUT2D eigenvalue weighted by atomic mass is 10.1. The van der Waals surface area contributed by atoms with Crippen molar-refractivity contribution < 1.29 is 13.9 Å². The zero-order valence-corrected chi connectivity index (χ0v) is 13.4. The van der Waals surface area contributed by atoms with Gasteiger partial charge in [0.15, 0.2) is 11.6 Å². The van der Waals surface area contributed by atoms with Crippen molar-refractivity contribution in [2.75, 3.05) is 20.2 Å². The fraction of sp³-hybridized carbons (Fsp3) is 0.562. The summed E-state index contributed by atoms with van der Waals surface area (Å²) in [6, 6.07) is 4.39. The molecular weight excluding hydrogens is 271 g/mol. The third kappa shape index (κ3) is 4.43. The molecule has 2 unspecified atom stereocenters. The number of benzene rings is 1. The van der Waals surface area contributed by atoms with Crippen LogP contribution in [0.15, 0.2) is 18.2 Å². The fourth-order valence-electron chi connectivity index (χ4n) is 2.30. The molecule has 0 saturated carbocycles. The monoisotopic (exact) mass is 296 g/mol. The molecule has 118 valence electrons. The van der Waals surface area contributed by atoms with E-state index < -0.39 is 5.82 Å². The number of nitrogens with one attached hydrogen (secondary N) is 1. The van der Waals surface area contributed by atoms with Gasteiger partial charge in [-0.15, -0.1) is 0 Å². The van der Waals surface area contributed by atoms with Gasteiger partial charge in [-0.1, -0.05) is 6.07 Å². The molecule has 0 radical (unpaired) electrons. The van der Waals surface area contributed by atoms with Crippen molar-refractivity contribution in [3.8, 4) is 5.75 Å². The average molecular weight is 296 g/mol. The van der Waals surface area contributed by atoms with Gasteiger partial charge >= 0.3 is 0 Å². The Morgan fingerprint density at radius 3 is 2.43 bits per heavy atom. The zero-order chi connectivity index (χ0) is 16.0. The molecule has 1 amide bonds. The normalized spacial score (nSPS) is 13.6. The van der Waals surface area contributed by atoms with Gasteiger partial charge in [-0.05, 0) is 45.4 Å². The molecule has 1 aromatic carbocycles. The number of hydrogen-bond donors (Lipinski definition) is 1. The molecule has 1 rings (SSSR count). The second kappa shape index (κ2) is 7.98. The van der Waals surface area contributed by atoms with Crippen molar-refractivity contribution >= 4 is 5.91 Å². The van der Waals surface area contributed by atoms with Crippen LogP contribution in [0, 0.1) is 5.82 Å². The molecule has 1 aromatic rings. The van der Waals surface area contributed by atoms with Crippen molar-refractivity contribution in [3.05, 3.63) is 29.6 Å². The Balaban J connectivity index is 2.74. The number of rotatable bonds is 7. The first kappa shape index (κ1) is 17.4. The summed E-state index contributed by atoms with van der Waals surface area (Å²) < 4.78 is 18.6. The number of carbonyl (C=O) groups excluding carboxylic acids is 1. The molecule has 1 N–H and O–H groups in total. The highest BCUT2D eigenvalue weighted by Gasteiger charge is 2.20. The highest BCUT2D eigenvalue weighted by Crippen LogP contribution is 2.22. The Labute approximate surface area is 126 Å². The molecule has 0 saturated heterocycles. The van der Waals surface area contributed by atoms with Gasteiger partial charge in [0.2, 0.25) is 5.91 Å². The van der Waals surface area contributed by atoms with Gasteiger partial charge in [0.1, 0.15) is 0 Å². The summed E-state index contributed by atoms with van der Waals surface area (Å²) in [6.07, 6.45) is 0. The van der Waals surface area contributed by atoms with Gasteiger partial charge in [0.05, 0.1) is 13.2 Å². The maximum Gasteiger partial charge on any atom is 0.239 e. The number of ether oxygens (including phenoxy) is 1. The summed E-state index contributed by atoms with van der Waals surface area (Å²) in [6.45, 7) is 9.02. The molecule has 0 spiro atoms. The number of nitrogens with zero attached hydrogens (tertiary/aromatic N) is 1. The van der Waals surface area contributed by atoms with Gasteiger partial charge in [-0.25, -0.2) is 4.39 Å². The first-order valence-electron chi connectivity index (χ1n) is 7.32. The van der Waals surface area contributed by atoms with Crippen LogP contribution in [0.2, 0.25) is 0 Å². The van der Waals surface area contributed by atoms with Crippen molar-refractivity contribution in [2.24, 2.45) is 0 Å². The largest absolute Gasteiger partial charge is 0.494 e. The maximum absolute atomic E-state index is 13.7. The molecule has 4 nitrogen and oxygen atoms in total. The maximum atomic E-state index is 13.7. The van der Waals surface area contributed by atoms with Crippen LogP contribution in [0.5, 0.6) is 5.75 Å². The number of amides is 1. The van der Waals surface area contributed by atoms with Crippen LogP contribution in [0.3, 0.4) is 0 Å². The predicted octanol–water partition coefficient (Wildman–Crippen LogP) is 2.74. The second-order valence-electron chi connectivity index (χ2n) is 5.01. The average Bonchev–Trinajstić information content (AvgIpc) is 2.48. The van der Waals surface area contributed by atoms with Crippen LogP contribution in [0.1, 0.15) is 39.3 Å². The van der Waals surface area contributed by atoms with E-state index in [1.165, 1.54) is 13.2 Å². The number of hydrogen-bond acceptors (Lipinski definition) is 3. The molecule has 21 heavy (non-hydrogen) atoms. The predicted molar refractivity (Wildman–Crippen MR) is 81.9 cm³/mol. The van der Waals surface area contributed by atoms with Crippen LogP contribution in [0.4, 0.5) is 4.39 Å². The summed E-state index contributed by atoms with van der Waals surface area (Å²) in [7, 11) is 1.44. The first-order valence-corrected chi connectivity index (χ1v) is 7.32. The van der Waals surface area contributed by atoms with E-state index in [1.54, 1.807) is 17.0 Å². The summed E-state index contributed by atoms with van der Waals surface area (Å²) in [5.74, 6) is -0.120. The molecule has 0 heterocycles. The minimum absolute atomic E-state index is 0.0563. The van der Waals surface area contributed by atoms with Crippen LogP contribution in [0.25, 0.3) is 0 Å². The highest BCUT2D eigenvalue weighted by molar-refractivity contribution is 5.81. The number of carbonyl (C=O) groups is 1. The Bertz CT molecular complexity index is 475. The summed E-state index contributed by atoms with van der Waals surface area (Å²) >= 11 is 0. The number of likely N-dealkylation sites (N-methyl/N-ethyl adjacent to an activating group) is 1. The quantitative estimate of drug-likeness (QED) is 0.841. The summed E-state index contributed by atoms with van der Waals surface area (Å²) in [5.41, 5.74) is 0.785. The minimum Gasteiger partial charge on any atom is -0.494 e. The third-order valence-electron chi connectivity index (χ3n) is 3.62. The summed E-state index contributed by atoms with van der Waals surface area (Å²) in [4.78, 5) is 14.0. The molecule has 0 fully saturated rings. The molecule has 2 atom stereocenters. The Kier molecular flexibility index (Phi) is 6.62. The number of halogens is 1. The molecule has 0 aliphatic carbocycles. The van der Waals surface area contributed by atoms with E-state index in [4.69, 9.17) is 4.74 Å². The fourth-order valence-corrected chi connectivity index (χ4v) is 2.30. The SMILES string of the molecule is CCN(CC)C(=O)C(C)NC(C)c1ccc(OC)c(F)c1. The van der Waals surface area contributed by atoms with Gasteiger partial charge < -0.3 is 9.64 Å². The first-order chi connectivity index (χ1) is 9.94. The van der Waals surface area contributed by atoms with E-state index in [-0.39, 0.29) is 23.7 Å². The van der Waals surface area contributed by atoms with Gasteiger partial charge in [-0.2, -0.15) is 0 Å². The Hall–Kier alpha value is -1.62. The van der Waals surface area contributed by atoms with E-state index >= 15 is 0 Å². The minimum atomic E-state index is -0.397. The standard InChI is InChI=1S/C16H25FN2O2/c1-6-19(7-2)16(20)12(4)18-11(3)13-8-9-15(21-5)14(17)10-13/h8-12,18H,6-7H2,1-5H3. The van der Waals surface area contributed by atoms with Gasteiger partial charge in [-0.3, -0.25) is 10.1 Å². The lowest BCUT2D eigenvalue weighted by Crippen LogP contribution is -2.45. The van der Waals surface area contributed by atoms with Crippen molar-refractivity contribution in [3.63, 3.8) is 0 Å². The smallest absolute Gasteiger partial charge is 0.239 e. The molecule has 0 aliphatic heterocycles. The van der Waals surface area contributed by atoms with Crippen molar-refractivity contribution in [1.82, 2.24) is 10.2 Å². The Morgan fingerprint density at radius 1 is 1.33 bits per heavy atom. The molecule has 5 heteroatoms. The number of methoxy groups -OCH3 is 1. The highest BCUT2D eigenvalue weighted by atomic mass is 19.1. The zero-order valence-electron chi connectivity index (χ0n) is 13.4. The van der Waals surface area contributed by atoms with Gasteiger partial charge in [0, 0.05) is 19.1 Å².